The molecule has 1 amide bonds. The number of rotatable bonds is 10. The minimum Gasteiger partial charge on any atom is -0.394 e. The molecule has 28 heavy (non-hydrogen) atoms. The first kappa shape index (κ1) is 23.4. The number of amides is 1. The zero-order chi connectivity index (χ0) is 20.7. The zero-order valence-electron chi connectivity index (χ0n) is 16.4. The highest BCUT2D eigenvalue weighted by atomic mass is 16.7. The van der Waals surface area contributed by atoms with E-state index in [-0.39, 0.29) is 24.7 Å². The topological polar surface area (TPSA) is 155 Å². The minimum atomic E-state index is -1.25. The summed E-state index contributed by atoms with van der Waals surface area (Å²) in [5.74, 6) is 0.0139. The summed E-state index contributed by atoms with van der Waals surface area (Å²) in [7, 11) is 1.61. The molecule has 0 aromatic carbocycles. The Bertz CT molecular complexity index is 481. The predicted octanol–water partition coefficient (Wildman–Crippen LogP) is -2.06. The number of carbonyl (C=O) groups is 1. The van der Waals surface area contributed by atoms with Crippen molar-refractivity contribution >= 4 is 5.91 Å². The first-order valence-electron chi connectivity index (χ1n) is 9.85. The van der Waals surface area contributed by atoms with Crippen LogP contribution in [0.25, 0.3) is 0 Å². The molecule has 10 nitrogen and oxygen atoms in total. The van der Waals surface area contributed by atoms with Gasteiger partial charge in [-0.2, -0.15) is 0 Å². The van der Waals surface area contributed by atoms with E-state index in [9.17, 15) is 25.2 Å². The molecule has 2 rings (SSSR count). The number of likely N-dealkylation sites (tertiary alicyclic amines) is 1. The van der Waals surface area contributed by atoms with E-state index in [0.717, 1.165) is 6.42 Å². The lowest BCUT2D eigenvalue weighted by atomic mass is 9.98. The zero-order valence-corrected chi connectivity index (χ0v) is 16.4. The van der Waals surface area contributed by atoms with Crippen LogP contribution in [0, 0.1) is 0 Å². The maximum Gasteiger partial charge on any atom is 0.222 e. The molecule has 2 aliphatic heterocycles. The summed E-state index contributed by atoms with van der Waals surface area (Å²) in [5, 5.41) is 38.2. The normalized spacial score (nSPS) is 36.1. The maximum atomic E-state index is 12.4. The van der Waals surface area contributed by atoms with E-state index in [2.05, 4.69) is 0 Å². The van der Waals surface area contributed by atoms with Crippen LogP contribution in [0.1, 0.15) is 32.1 Å². The number of hydrogen-bond acceptors (Lipinski definition) is 9. The van der Waals surface area contributed by atoms with Gasteiger partial charge >= 0.3 is 0 Å². The molecule has 2 unspecified atom stereocenters. The molecule has 0 spiro atoms. The maximum absolute atomic E-state index is 12.4. The Balaban J connectivity index is 1.63. The van der Waals surface area contributed by atoms with E-state index in [1.54, 1.807) is 12.0 Å². The van der Waals surface area contributed by atoms with Gasteiger partial charge in [0, 0.05) is 26.7 Å². The number of nitrogens with two attached hydrogens (primary N) is 1. The van der Waals surface area contributed by atoms with Gasteiger partial charge in [-0.1, -0.05) is 6.42 Å². The van der Waals surface area contributed by atoms with Gasteiger partial charge in [-0.15, -0.1) is 0 Å². The van der Waals surface area contributed by atoms with Crippen LogP contribution in [0.15, 0.2) is 0 Å². The fourth-order valence-electron chi connectivity index (χ4n) is 3.67. The van der Waals surface area contributed by atoms with Crippen LogP contribution in [0.5, 0.6) is 0 Å². The van der Waals surface area contributed by atoms with Crippen molar-refractivity contribution in [1.29, 1.82) is 0 Å². The molecule has 0 aromatic rings. The van der Waals surface area contributed by atoms with E-state index in [0.29, 0.717) is 38.8 Å². The van der Waals surface area contributed by atoms with E-state index >= 15 is 0 Å². The van der Waals surface area contributed by atoms with Gasteiger partial charge in [0.15, 0.2) is 6.29 Å². The monoisotopic (exact) mass is 406 g/mol. The van der Waals surface area contributed by atoms with Crippen molar-refractivity contribution in [2.75, 3.05) is 33.5 Å². The lowest BCUT2D eigenvalue weighted by molar-refractivity contribution is -0.265. The first-order chi connectivity index (χ1) is 13.4. The summed E-state index contributed by atoms with van der Waals surface area (Å²) >= 11 is 0. The number of carbonyl (C=O) groups excluding carboxylic acids is 1. The van der Waals surface area contributed by atoms with Crippen molar-refractivity contribution < 1.29 is 39.4 Å². The van der Waals surface area contributed by atoms with Gasteiger partial charge in [-0.3, -0.25) is 4.79 Å². The van der Waals surface area contributed by atoms with E-state index < -0.39 is 37.3 Å². The summed E-state index contributed by atoms with van der Waals surface area (Å²) < 4.78 is 16.2. The third-order valence-electron chi connectivity index (χ3n) is 5.49. The van der Waals surface area contributed by atoms with Gasteiger partial charge in [0.2, 0.25) is 5.91 Å². The van der Waals surface area contributed by atoms with Gasteiger partial charge < -0.3 is 45.3 Å². The summed E-state index contributed by atoms with van der Waals surface area (Å²) in [6.45, 7) is 0.335. The Labute approximate surface area is 165 Å². The van der Waals surface area contributed by atoms with E-state index in [4.69, 9.17) is 19.9 Å². The molecule has 0 saturated carbocycles. The third kappa shape index (κ3) is 5.83. The molecule has 0 radical (unpaired) electrons. The Morgan fingerprint density at radius 2 is 1.93 bits per heavy atom. The van der Waals surface area contributed by atoms with E-state index in [1.807, 2.05) is 0 Å². The van der Waals surface area contributed by atoms with Gasteiger partial charge in [0.1, 0.15) is 18.3 Å². The van der Waals surface area contributed by atoms with Crippen LogP contribution >= 0.6 is 0 Å². The summed E-state index contributed by atoms with van der Waals surface area (Å²) in [4.78, 5) is 14.0. The molecule has 10 heteroatoms. The second-order valence-electron chi connectivity index (χ2n) is 7.44. The molecular weight excluding hydrogens is 372 g/mol. The molecule has 0 aliphatic carbocycles. The molecule has 0 bridgehead atoms. The van der Waals surface area contributed by atoms with Crippen molar-refractivity contribution in [2.45, 2.75) is 74.9 Å². The number of aliphatic hydroxyl groups is 4. The highest BCUT2D eigenvalue weighted by molar-refractivity contribution is 5.76. The smallest absolute Gasteiger partial charge is 0.222 e. The van der Waals surface area contributed by atoms with Crippen molar-refractivity contribution in [2.24, 2.45) is 5.73 Å². The summed E-state index contributed by atoms with van der Waals surface area (Å²) in [6, 6.07) is -1.08. The number of ether oxygens (including phenoxy) is 3. The van der Waals surface area contributed by atoms with Crippen molar-refractivity contribution in [3.05, 3.63) is 0 Å². The molecule has 2 saturated heterocycles. The number of methoxy groups -OCH3 is 1. The fourth-order valence-corrected chi connectivity index (χ4v) is 3.67. The van der Waals surface area contributed by atoms with Gasteiger partial charge in [-0.05, 0) is 19.3 Å². The van der Waals surface area contributed by atoms with Crippen LogP contribution in [-0.2, 0) is 19.0 Å². The number of unbranched alkanes of at least 4 members (excludes halogenated alkanes) is 2. The van der Waals surface area contributed by atoms with Crippen LogP contribution in [0.4, 0.5) is 0 Å². The number of nitrogens with zero attached hydrogens (tertiary/aromatic N) is 1. The molecule has 2 heterocycles. The summed E-state index contributed by atoms with van der Waals surface area (Å²) in [6.07, 6.45) is -1.18. The first-order valence-corrected chi connectivity index (χ1v) is 9.85. The molecule has 2 aliphatic rings. The number of aliphatic hydroxyl groups excluding tert-OH is 4. The molecular formula is C18H34N2O8. The average Bonchev–Trinajstić information content (AvgIpc) is 3.13. The highest BCUT2D eigenvalue weighted by Gasteiger charge is 2.42. The second kappa shape index (κ2) is 11.4. The summed E-state index contributed by atoms with van der Waals surface area (Å²) in [5.41, 5.74) is 5.81. The second-order valence-corrected chi connectivity index (χ2v) is 7.44. The SMILES string of the molecule is CO[C@@H]1C[C@@H](CO)N(C(=O)CCCCCO[C@@H]2OC(CO)[C@H](O)C(O)[C@@H]2N)C1. The standard InChI is InChI=1S/C18H34N2O8/c1-26-12-7-11(9-21)20(8-12)14(23)5-3-2-4-6-27-18-15(19)17(25)16(24)13(10-22)28-18/h11-13,15-18,21-22,24-25H,2-10,19H2,1H3/t11-,12+,13?,15-,16-,17?,18+/m0/s1. The third-order valence-corrected chi connectivity index (χ3v) is 5.49. The van der Waals surface area contributed by atoms with Crippen LogP contribution in [0.2, 0.25) is 0 Å². The Morgan fingerprint density at radius 1 is 1.18 bits per heavy atom. The molecule has 6 N–H and O–H groups in total. The molecule has 7 atom stereocenters. The molecule has 0 aromatic heterocycles. The van der Waals surface area contributed by atoms with Gasteiger partial charge in [-0.25, -0.2) is 0 Å². The molecule has 2 fully saturated rings. The number of hydrogen-bond donors (Lipinski definition) is 5. The van der Waals surface area contributed by atoms with Crippen molar-refractivity contribution in [3.63, 3.8) is 0 Å². The molecule has 164 valence electrons. The lowest BCUT2D eigenvalue weighted by Crippen LogP contribution is -2.62. The van der Waals surface area contributed by atoms with Crippen molar-refractivity contribution in [3.8, 4) is 0 Å². The van der Waals surface area contributed by atoms with Crippen LogP contribution in [0.3, 0.4) is 0 Å². The van der Waals surface area contributed by atoms with Gasteiger partial charge in [0.05, 0.1) is 31.4 Å². The average molecular weight is 406 g/mol. The Hall–Kier alpha value is -0.850. The van der Waals surface area contributed by atoms with Crippen molar-refractivity contribution in [1.82, 2.24) is 4.90 Å². The minimum absolute atomic E-state index is 0.0139. The predicted molar refractivity (Wildman–Crippen MR) is 98.2 cm³/mol. The van der Waals surface area contributed by atoms with Crippen LogP contribution < -0.4 is 5.73 Å². The van der Waals surface area contributed by atoms with Gasteiger partial charge in [0.25, 0.3) is 0 Å². The Morgan fingerprint density at radius 3 is 2.57 bits per heavy atom. The lowest BCUT2D eigenvalue weighted by Gasteiger charge is -2.40. The highest BCUT2D eigenvalue weighted by Crippen LogP contribution is 2.22. The largest absolute Gasteiger partial charge is 0.394 e. The van der Waals surface area contributed by atoms with E-state index in [1.165, 1.54) is 0 Å². The fraction of sp³-hybridized carbons (Fsp3) is 0.944. The van der Waals surface area contributed by atoms with Crippen LogP contribution in [-0.4, -0.2) is 107 Å². The quantitative estimate of drug-likeness (QED) is 0.258. The Kier molecular flexibility index (Phi) is 9.51.